The van der Waals surface area contributed by atoms with Gasteiger partial charge in [-0.15, -0.1) is 0 Å². The molecule has 1 fully saturated rings. The summed E-state index contributed by atoms with van der Waals surface area (Å²) in [5, 5.41) is 27.8. The van der Waals surface area contributed by atoms with Crippen LogP contribution in [0.4, 0.5) is 0 Å². The van der Waals surface area contributed by atoms with E-state index in [0.29, 0.717) is 6.42 Å². The average Bonchev–Trinajstić information content (AvgIpc) is 2.31. The summed E-state index contributed by atoms with van der Waals surface area (Å²) in [5.41, 5.74) is 0. The number of carboxylic acids is 1. The molecule has 0 bridgehead atoms. The highest BCUT2D eigenvalue weighted by Crippen LogP contribution is 2.23. The van der Waals surface area contributed by atoms with Crippen molar-refractivity contribution in [3.63, 3.8) is 0 Å². The average molecular weight is 276 g/mol. The normalized spacial score (nSPS) is 33.1. The standard InChI is InChI=1S/C13H24O6/c1-8(5-3-4-6-12(16)17)18-13-11(15)7-10(14)9(2)19-13/h8-11,13-15H,3-7H2,1-2H3,(H,16,17)/t8-,9+,10-,11-,13?/m1/s1. The summed E-state index contributed by atoms with van der Waals surface area (Å²) in [4.78, 5) is 10.4. The number of ether oxygens (including phenoxy) is 2. The summed E-state index contributed by atoms with van der Waals surface area (Å²) in [5.74, 6) is -0.789. The minimum atomic E-state index is -0.826. The molecule has 3 N–H and O–H groups in total. The molecule has 19 heavy (non-hydrogen) atoms. The molecular weight excluding hydrogens is 252 g/mol. The molecule has 0 aliphatic carbocycles. The van der Waals surface area contributed by atoms with Crippen LogP contribution in [0.15, 0.2) is 0 Å². The van der Waals surface area contributed by atoms with Crippen molar-refractivity contribution in [2.75, 3.05) is 0 Å². The largest absolute Gasteiger partial charge is 0.481 e. The molecule has 1 aliphatic rings. The first-order valence-electron chi connectivity index (χ1n) is 6.79. The number of rotatable bonds is 7. The SMILES string of the molecule is C[C@H](CCCCC(=O)O)OC1O[C@@H](C)[C@H](O)C[C@H]1O. The molecule has 0 aromatic heterocycles. The lowest BCUT2D eigenvalue weighted by atomic mass is 10.0. The molecule has 0 spiro atoms. The lowest BCUT2D eigenvalue weighted by Crippen LogP contribution is -2.48. The Bertz CT molecular complexity index is 282. The first-order valence-corrected chi connectivity index (χ1v) is 6.79. The van der Waals surface area contributed by atoms with Gasteiger partial charge in [0.05, 0.1) is 18.3 Å². The van der Waals surface area contributed by atoms with Gasteiger partial charge in [-0.2, -0.15) is 0 Å². The van der Waals surface area contributed by atoms with E-state index in [2.05, 4.69) is 0 Å². The van der Waals surface area contributed by atoms with Crippen LogP contribution in [0.25, 0.3) is 0 Å². The Morgan fingerprint density at radius 3 is 2.68 bits per heavy atom. The highest BCUT2D eigenvalue weighted by molar-refractivity contribution is 5.66. The van der Waals surface area contributed by atoms with E-state index < -0.39 is 24.5 Å². The zero-order valence-corrected chi connectivity index (χ0v) is 11.5. The monoisotopic (exact) mass is 276 g/mol. The van der Waals surface area contributed by atoms with E-state index >= 15 is 0 Å². The molecule has 1 rings (SSSR count). The van der Waals surface area contributed by atoms with Gasteiger partial charge in [0.15, 0.2) is 6.29 Å². The van der Waals surface area contributed by atoms with Crippen LogP contribution in [0.1, 0.15) is 46.0 Å². The fourth-order valence-electron chi connectivity index (χ4n) is 2.07. The number of unbranched alkanes of at least 4 members (excludes halogenated alkanes) is 1. The Hall–Kier alpha value is -0.690. The molecule has 0 saturated carbocycles. The van der Waals surface area contributed by atoms with Gasteiger partial charge >= 0.3 is 5.97 Å². The lowest BCUT2D eigenvalue weighted by molar-refractivity contribution is -0.273. The molecule has 0 radical (unpaired) electrons. The number of carbonyl (C=O) groups is 1. The molecule has 1 unspecified atom stereocenters. The predicted molar refractivity (Wildman–Crippen MR) is 67.6 cm³/mol. The highest BCUT2D eigenvalue weighted by Gasteiger charge is 2.35. The maximum atomic E-state index is 10.4. The number of aliphatic carboxylic acids is 1. The summed E-state index contributed by atoms with van der Waals surface area (Å²) >= 11 is 0. The molecule has 5 atom stereocenters. The molecule has 6 heteroatoms. The van der Waals surface area contributed by atoms with Gasteiger partial charge in [-0.05, 0) is 26.7 Å². The Labute approximate surface area is 113 Å². The predicted octanol–water partition coefficient (Wildman–Crippen LogP) is 0.893. The van der Waals surface area contributed by atoms with E-state index in [4.69, 9.17) is 14.6 Å². The van der Waals surface area contributed by atoms with Crippen molar-refractivity contribution in [1.82, 2.24) is 0 Å². The minimum Gasteiger partial charge on any atom is -0.481 e. The maximum absolute atomic E-state index is 10.4. The van der Waals surface area contributed by atoms with Crippen LogP contribution in [0.2, 0.25) is 0 Å². The van der Waals surface area contributed by atoms with Crippen LogP contribution in [-0.4, -0.2) is 52.0 Å². The molecule has 1 saturated heterocycles. The third kappa shape index (κ3) is 5.86. The Balaban J connectivity index is 2.23. The van der Waals surface area contributed by atoms with E-state index in [1.165, 1.54) is 0 Å². The molecule has 0 amide bonds. The summed E-state index contributed by atoms with van der Waals surface area (Å²) in [6.45, 7) is 3.61. The van der Waals surface area contributed by atoms with Crippen molar-refractivity contribution in [2.45, 2.75) is 76.7 Å². The second kappa shape index (κ2) is 7.79. The number of carboxylic acid groups (broad SMARTS) is 1. The van der Waals surface area contributed by atoms with Crippen molar-refractivity contribution in [1.29, 1.82) is 0 Å². The van der Waals surface area contributed by atoms with Gasteiger partial charge in [0, 0.05) is 12.8 Å². The number of hydrogen-bond acceptors (Lipinski definition) is 5. The van der Waals surface area contributed by atoms with Gasteiger partial charge in [-0.25, -0.2) is 0 Å². The quantitative estimate of drug-likeness (QED) is 0.598. The van der Waals surface area contributed by atoms with Crippen LogP contribution >= 0.6 is 0 Å². The first-order chi connectivity index (χ1) is 8.90. The van der Waals surface area contributed by atoms with Crippen molar-refractivity contribution < 1.29 is 29.6 Å². The number of hydrogen-bond donors (Lipinski definition) is 3. The van der Waals surface area contributed by atoms with Crippen LogP contribution in [0.3, 0.4) is 0 Å². The topological polar surface area (TPSA) is 96.2 Å². The molecular formula is C13H24O6. The Kier molecular flexibility index (Phi) is 6.71. The summed E-state index contributed by atoms with van der Waals surface area (Å²) in [6, 6.07) is 0. The van der Waals surface area contributed by atoms with Crippen LogP contribution in [-0.2, 0) is 14.3 Å². The van der Waals surface area contributed by atoms with Crippen molar-refractivity contribution in [3.05, 3.63) is 0 Å². The van der Waals surface area contributed by atoms with Crippen molar-refractivity contribution in [2.24, 2.45) is 0 Å². The Morgan fingerprint density at radius 2 is 2.05 bits per heavy atom. The van der Waals surface area contributed by atoms with Gasteiger partial charge in [0.2, 0.25) is 0 Å². The van der Waals surface area contributed by atoms with Crippen molar-refractivity contribution >= 4 is 5.97 Å². The molecule has 1 heterocycles. The number of aliphatic hydroxyl groups is 2. The third-order valence-electron chi connectivity index (χ3n) is 3.31. The van der Waals surface area contributed by atoms with Gasteiger partial charge in [0.1, 0.15) is 6.10 Å². The smallest absolute Gasteiger partial charge is 0.303 e. The van der Waals surface area contributed by atoms with E-state index in [1.807, 2.05) is 6.92 Å². The second-order valence-electron chi connectivity index (χ2n) is 5.17. The Morgan fingerprint density at radius 1 is 1.37 bits per heavy atom. The maximum Gasteiger partial charge on any atom is 0.303 e. The van der Waals surface area contributed by atoms with Crippen LogP contribution in [0, 0.1) is 0 Å². The van der Waals surface area contributed by atoms with E-state index in [-0.39, 0.29) is 25.0 Å². The van der Waals surface area contributed by atoms with Crippen LogP contribution < -0.4 is 0 Å². The zero-order chi connectivity index (χ0) is 14.4. The van der Waals surface area contributed by atoms with Gasteiger partial charge in [-0.1, -0.05) is 6.42 Å². The van der Waals surface area contributed by atoms with Gasteiger partial charge in [0.25, 0.3) is 0 Å². The molecule has 0 aromatic carbocycles. The van der Waals surface area contributed by atoms with Gasteiger partial charge < -0.3 is 24.8 Å². The second-order valence-corrected chi connectivity index (χ2v) is 5.17. The van der Waals surface area contributed by atoms with E-state index in [0.717, 1.165) is 12.8 Å². The summed E-state index contributed by atoms with van der Waals surface area (Å²) < 4.78 is 11.0. The minimum absolute atomic E-state index is 0.115. The molecule has 0 aromatic rings. The van der Waals surface area contributed by atoms with Crippen LogP contribution in [0.5, 0.6) is 0 Å². The highest BCUT2D eigenvalue weighted by atomic mass is 16.7. The van der Waals surface area contributed by atoms with Gasteiger partial charge in [-0.3, -0.25) is 4.79 Å². The summed E-state index contributed by atoms with van der Waals surface area (Å²) in [6.07, 6.45) is -0.169. The lowest BCUT2D eigenvalue weighted by Gasteiger charge is -2.36. The molecule has 6 nitrogen and oxygen atoms in total. The fraction of sp³-hybridized carbons (Fsp3) is 0.923. The molecule has 1 aliphatic heterocycles. The van der Waals surface area contributed by atoms with Crippen molar-refractivity contribution in [3.8, 4) is 0 Å². The zero-order valence-electron chi connectivity index (χ0n) is 11.5. The first kappa shape index (κ1) is 16.4. The van der Waals surface area contributed by atoms with E-state index in [9.17, 15) is 15.0 Å². The molecule has 112 valence electrons. The van der Waals surface area contributed by atoms with E-state index in [1.54, 1.807) is 6.92 Å². The summed E-state index contributed by atoms with van der Waals surface area (Å²) in [7, 11) is 0. The fourth-order valence-corrected chi connectivity index (χ4v) is 2.07. The number of aliphatic hydroxyl groups excluding tert-OH is 2. The third-order valence-corrected chi connectivity index (χ3v) is 3.31.